The van der Waals surface area contributed by atoms with Crippen LogP contribution < -0.4 is 15.5 Å². The summed E-state index contributed by atoms with van der Waals surface area (Å²) >= 11 is 0. The van der Waals surface area contributed by atoms with Crippen molar-refractivity contribution in [2.45, 2.75) is 43.7 Å². The monoisotopic (exact) mass is 547 g/mol. The molecule has 0 radical (unpaired) electrons. The minimum atomic E-state index is -3.18. The Morgan fingerprint density at radius 1 is 1.13 bits per heavy atom. The largest absolute Gasteiger partial charge is 0.354 e. The van der Waals surface area contributed by atoms with Crippen LogP contribution in [-0.4, -0.2) is 71.2 Å². The molecule has 2 N–H and O–H groups in total. The van der Waals surface area contributed by atoms with Crippen molar-refractivity contribution in [3.63, 3.8) is 0 Å². The molecule has 0 spiro atoms. The lowest BCUT2D eigenvalue weighted by Gasteiger charge is -2.35. The van der Waals surface area contributed by atoms with Gasteiger partial charge in [0.25, 0.3) is 5.91 Å². The molecule has 0 aliphatic carbocycles. The van der Waals surface area contributed by atoms with Crippen LogP contribution in [0.3, 0.4) is 0 Å². The summed E-state index contributed by atoms with van der Waals surface area (Å²) in [5, 5.41) is 3.36. The molecule has 0 saturated carbocycles. The van der Waals surface area contributed by atoms with Crippen LogP contribution in [0.1, 0.15) is 47.4 Å². The molecule has 2 saturated heterocycles. The standard InChI is InChI=1S/C26H29F4N7O2/c1-26(29,30)24-33-25(39-34-24)36-9-7-17(8-10-36)35(2)23(38)15-3-6-22(32-12-15)37-13-19(21(31)14-37)18-11-16(27)4-5-20(18)28/h3-6,11-12,17,19,21H,7-10,13-14,31H2,1-2H3/t19-,21+/m1/s1. The number of benzene rings is 1. The van der Waals surface area contributed by atoms with Crippen molar-refractivity contribution in [2.75, 3.05) is 43.0 Å². The number of piperidine rings is 1. The molecule has 2 aromatic heterocycles. The number of alkyl halides is 2. The van der Waals surface area contributed by atoms with Crippen LogP contribution in [0.15, 0.2) is 41.1 Å². The molecule has 5 rings (SSSR count). The molecule has 1 aromatic carbocycles. The third-order valence-corrected chi connectivity index (χ3v) is 7.45. The number of anilines is 2. The molecule has 2 atom stereocenters. The molecular weight excluding hydrogens is 518 g/mol. The van der Waals surface area contributed by atoms with E-state index in [2.05, 4.69) is 15.1 Å². The zero-order valence-corrected chi connectivity index (χ0v) is 21.5. The van der Waals surface area contributed by atoms with Crippen LogP contribution in [0.25, 0.3) is 0 Å². The molecule has 13 heteroatoms. The van der Waals surface area contributed by atoms with Gasteiger partial charge in [-0.15, -0.1) is 0 Å². The summed E-state index contributed by atoms with van der Waals surface area (Å²) in [6, 6.07) is 6.34. The van der Waals surface area contributed by atoms with Crippen molar-refractivity contribution in [3.8, 4) is 0 Å². The van der Waals surface area contributed by atoms with Gasteiger partial charge < -0.3 is 25.0 Å². The van der Waals surface area contributed by atoms with Crippen molar-refractivity contribution in [2.24, 2.45) is 5.73 Å². The fraction of sp³-hybridized carbons (Fsp3) is 0.462. The van der Waals surface area contributed by atoms with E-state index in [4.69, 9.17) is 10.3 Å². The van der Waals surface area contributed by atoms with E-state index in [1.165, 1.54) is 12.3 Å². The van der Waals surface area contributed by atoms with Gasteiger partial charge in [0.1, 0.15) is 17.5 Å². The minimum absolute atomic E-state index is 0.0442. The summed E-state index contributed by atoms with van der Waals surface area (Å²) in [6.07, 6.45) is 2.69. The average Bonchev–Trinajstić information content (AvgIpc) is 3.57. The molecule has 208 valence electrons. The maximum absolute atomic E-state index is 14.3. The van der Waals surface area contributed by atoms with Gasteiger partial charge in [0.05, 0.1) is 5.56 Å². The number of pyridine rings is 1. The number of rotatable bonds is 6. The first kappa shape index (κ1) is 26.9. The minimum Gasteiger partial charge on any atom is -0.354 e. The fourth-order valence-corrected chi connectivity index (χ4v) is 5.18. The van der Waals surface area contributed by atoms with Gasteiger partial charge in [-0.3, -0.25) is 4.79 Å². The smallest absolute Gasteiger partial charge is 0.324 e. The molecule has 1 amide bonds. The number of hydrogen-bond acceptors (Lipinski definition) is 8. The SMILES string of the molecule is CN(C(=O)c1ccc(N2C[C@H](c3cc(F)ccc3F)[C@@H](N)C2)nc1)C1CCN(c2nc(C(C)(F)F)no2)CC1. The Morgan fingerprint density at radius 2 is 1.87 bits per heavy atom. The molecule has 2 aliphatic rings. The molecule has 2 fully saturated rings. The zero-order chi connectivity index (χ0) is 27.9. The number of nitrogens with two attached hydrogens (primary N) is 1. The van der Waals surface area contributed by atoms with Crippen molar-refractivity contribution >= 4 is 17.7 Å². The Hall–Kier alpha value is -3.74. The summed E-state index contributed by atoms with van der Waals surface area (Å²) < 4.78 is 59.8. The van der Waals surface area contributed by atoms with Gasteiger partial charge in [0.15, 0.2) is 0 Å². The topological polar surface area (TPSA) is 105 Å². The quantitative estimate of drug-likeness (QED) is 0.468. The number of amides is 1. The maximum atomic E-state index is 14.3. The van der Waals surface area contributed by atoms with Crippen molar-refractivity contribution in [1.82, 2.24) is 20.0 Å². The lowest BCUT2D eigenvalue weighted by atomic mass is 9.94. The molecule has 9 nitrogen and oxygen atoms in total. The Labute approximate surface area is 222 Å². The number of carbonyl (C=O) groups excluding carboxylic acids is 1. The molecule has 4 heterocycles. The van der Waals surface area contributed by atoms with E-state index in [-0.39, 0.29) is 23.5 Å². The summed E-state index contributed by atoms with van der Waals surface area (Å²) in [6.45, 7) is 2.44. The van der Waals surface area contributed by atoms with E-state index in [0.29, 0.717) is 57.3 Å². The van der Waals surface area contributed by atoms with E-state index in [1.54, 1.807) is 29.0 Å². The highest BCUT2D eigenvalue weighted by atomic mass is 19.3. The van der Waals surface area contributed by atoms with Crippen molar-refractivity contribution < 1.29 is 26.9 Å². The Bertz CT molecular complexity index is 1320. The van der Waals surface area contributed by atoms with Crippen LogP contribution >= 0.6 is 0 Å². The average molecular weight is 548 g/mol. The number of nitrogens with zero attached hydrogens (tertiary/aromatic N) is 6. The predicted octanol–water partition coefficient (Wildman–Crippen LogP) is 3.53. The summed E-state index contributed by atoms with van der Waals surface area (Å²) in [4.78, 5) is 26.7. The second kappa shape index (κ2) is 10.4. The predicted molar refractivity (Wildman–Crippen MR) is 135 cm³/mol. The molecule has 39 heavy (non-hydrogen) atoms. The lowest BCUT2D eigenvalue weighted by Crippen LogP contribution is -2.45. The van der Waals surface area contributed by atoms with E-state index in [0.717, 1.165) is 12.1 Å². The molecule has 3 aromatic rings. The van der Waals surface area contributed by atoms with Gasteiger partial charge in [-0.2, -0.15) is 13.8 Å². The molecular formula is C26H29F4N7O2. The number of aromatic nitrogens is 3. The van der Waals surface area contributed by atoms with E-state index in [1.807, 2.05) is 4.90 Å². The molecule has 0 bridgehead atoms. The number of halogens is 4. The van der Waals surface area contributed by atoms with E-state index in [9.17, 15) is 22.4 Å². The second-order valence-electron chi connectivity index (χ2n) is 10.2. The third-order valence-electron chi connectivity index (χ3n) is 7.45. The van der Waals surface area contributed by atoms with Gasteiger partial charge in [-0.05, 0) is 48.7 Å². The first-order valence-corrected chi connectivity index (χ1v) is 12.7. The third kappa shape index (κ3) is 5.54. The molecule has 0 unspecified atom stereocenters. The Kier molecular flexibility index (Phi) is 7.19. The normalized spacial score (nSPS) is 20.5. The Morgan fingerprint density at radius 3 is 2.51 bits per heavy atom. The van der Waals surface area contributed by atoms with Crippen LogP contribution in [0.5, 0.6) is 0 Å². The van der Waals surface area contributed by atoms with Gasteiger partial charge in [0, 0.05) is 64.3 Å². The summed E-state index contributed by atoms with van der Waals surface area (Å²) in [7, 11) is 1.72. The van der Waals surface area contributed by atoms with Crippen LogP contribution in [-0.2, 0) is 5.92 Å². The summed E-state index contributed by atoms with van der Waals surface area (Å²) in [5.41, 5.74) is 6.91. The van der Waals surface area contributed by atoms with Crippen LogP contribution in [0, 0.1) is 11.6 Å². The first-order valence-electron chi connectivity index (χ1n) is 12.7. The highest BCUT2D eigenvalue weighted by Gasteiger charge is 2.35. The van der Waals surface area contributed by atoms with E-state index >= 15 is 0 Å². The zero-order valence-electron chi connectivity index (χ0n) is 21.5. The number of carbonyl (C=O) groups is 1. The Balaban J connectivity index is 1.18. The lowest BCUT2D eigenvalue weighted by molar-refractivity contribution is 0.00558. The number of hydrogen-bond donors (Lipinski definition) is 1. The second-order valence-corrected chi connectivity index (χ2v) is 10.2. The van der Waals surface area contributed by atoms with Gasteiger partial charge in [-0.1, -0.05) is 5.16 Å². The van der Waals surface area contributed by atoms with Crippen molar-refractivity contribution in [3.05, 3.63) is 65.1 Å². The van der Waals surface area contributed by atoms with Gasteiger partial charge in [-0.25, -0.2) is 13.8 Å². The fourth-order valence-electron chi connectivity index (χ4n) is 5.18. The highest BCUT2D eigenvalue weighted by molar-refractivity contribution is 5.94. The van der Waals surface area contributed by atoms with Gasteiger partial charge in [0.2, 0.25) is 5.82 Å². The van der Waals surface area contributed by atoms with Crippen molar-refractivity contribution in [1.29, 1.82) is 0 Å². The summed E-state index contributed by atoms with van der Waals surface area (Å²) in [5.74, 6) is -4.85. The van der Waals surface area contributed by atoms with Gasteiger partial charge >= 0.3 is 11.9 Å². The van der Waals surface area contributed by atoms with Crippen LogP contribution in [0.4, 0.5) is 29.4 Å². The maximum Gasteiger partial charge on any atom is 0.324 e. The highest BCUT2D eigenvalue weighted by Crippen LogP contribution is 2.32. The van der Waals surface area contributed by atoms with Crippen LogP contribution in [0.2, 0.25) is 0 Å². The van der Waals surface area contributed by atoms with E-state index < -0.39 is 35.3 Å². The first-order chi connectivity index (χ1) is 18.5. The molecule has 2 aliphatic heterocycles.